The standard InChI is InChI=1S/C17H16N6O4/c1-18-17(26)21-13-9-23-14(20-13)7-6-12(22-23)15(24)19-11-5-3-4-10(8-11)16(25)27-2/h3-9H,1-2H3,(H,19,24)(H2,18,21,26). The second-order valence-corrected chi connectivity index (χ2v) is 5.38. The van der Waals surface area contributed by atoms with Crippen molar-refractivity contribution in [3.05, 3.63) is 53.9 Å². The molecule has 0 atom stereocenters. The van der Waals surface area contributed by atoms with Crippen LogP contribution in [-0.2, 0) is 4.74 Å². The van der Waals surface area contributed by atoms with Crippen molar-refractivity contribution in [3.8, 4) is 0 Å². The normalized spacial score (nSPS) is 10.3. The lowest BCUT2D eigenvalue weighted by atomic mass is 10.2. The number of methoxy groups -OCH3 is 1. The lowest BCUT2D eigenvalue weighted by Crippen LogP contribution is -2.24. The number of benzene rings is 1. The molecule has 10 nitrogen and oxygen atoms in total. The van der Waals surface area contributed by atoms with Gasteiger partial charge in [0.15, 0.2) is 11.5 Å². The Kier molecular flexibility index (Phi) is 4.97. The summed E-state index contributed by atoms with van der Waals surface area (Å²) in [7, 11) is 2.77. The zero-order valence-electron chi connectivity index (χ0n) is 14.5. The first-order chi connectivity index (χ1) is 13.0. The molecule has 0 bridgehead atoms. The van der Waals surface area contributed by atoms with Crippen LogP contribution in [0.25, 0.3) is 5.65 Å². The number of anilines is 2. The minimum atomic E-state index is -0.500. The summed E-state index contributed by atoms with van der Waals surface area (Å²) < 4.78 is 6.04. The molecular weight excluding hydrogens is 352 g/mol. The van der Waals surface area contributed by atoms with Crippen molar-refractivity contribution in [2.24, 2.45) is 0 Å². The van der Waals surface area contributed by atoms with Crippen molar-refractivity contribution in [2.45, 2.75) is 0 Å². The topological polar surface area (TPSA) is 127 Å². The van der Waals surface area contributed by atoms with E-state index >= 15 is 0 Å². The van der Waals surface area contributed by atoms with E-state index in [-0.39, 0.29) is 5.69 Å². The maximum atomic E-state index is 12.4. The van der Waals surface area contributed by atoms with E-state index in [1.807, 2.05) is 0 Å². The number of rotatable bonds is 4. The van der Waals surface area contributed by atoms with Gasteiger partial charge in [-0.1, -0.05) is 6.07 Å². The zero-order valence-corrected chi connectivity index (χ0v) is 14.5. The predicted octanol–water partition coefficient (Wildman–Crippen LogP) is 1.52. The first-order valence-corrected chi connectivity index (χ1v) is 7.85. The van der Waals surface area contributed by atoms with Crippen molar-refractivity contribution < 1.29 is 19.1 Å². The Morgan fingerprint density at radius 3 is 2.67 bits per heavy atom. The highest BCUT2D eigenvalue weighted by molar-refractivity contribution is 6.03. The number of imidazole rings is 1. The van der Waals surface area contributed by atoms with Crippen LogP contribution < -0.4 is 16.0 Å². The SMILES string of the molecule is CNC(=O)Nc1cn2nc(C(=O)Nc3cccc(C(=O)OC)c3)ccc2n1. The first-order valence-electron chi connectivity index (χ1n) is 7.85. The number of hydrogen-bond donors (Lipinski definition) is 3. The van der Waals surface area contributed by atoms with E-state index in [2.05, 4.69) is 30.8 Å². The molecule has 0 saturated carbocycles. The summed E-state index contributed by atoms with van der Waals surface area (Å²) >= 11 is 0. The van der Waals surface area contributed by atoms with E-state index in [1.165, 1.54) is 37.0 Å². The molecule has 0 radical (unpaired) electrons. The molecule has 0 spiro atoms. The smallest absolute Gasteiger partial charge is 0.337 e. The Bertz CT molecular complexity index is 1030. The molecule has 10 heteroatoms. The van der Waals surface area contributed by atoms with Gasteiger partial charge in [0.25, 0.3) is 5.91 Å². The maximum absolute atomic E-state index is 12.4. The fourth-order valence-corrected chi connectivity index (χ4v) is 2.28. The number of aromatic nitrogens is 3. The minimum Gasteiger partial charge on any atom is -0.465 e. The van der Waals surface area contributed by atoms with Gasteiger partial charge in [-0.3, -0.25) is 10.1 Å². The van der Waals surface area contributed by atoms with E-state index in [4.69, 9.17) is 0 Å². The van der Waals surface area contributed by atoms with E-state index in [1.54, 1.807) is 24.3 Å². The Labute approximate surface area is 153 Å². The van der Waals surface area contributed by atoms with Crippen LogP contribution in [0.15, 0.2) is 42.6 Å². The summed E-state index contributed by atoms with van der Waals surface area (Å²) in [4.78, 5) is 39.5. The monoisotopic (exact) mass is 368 g/mol. The second-order valence-electron chi connectivity index (χ2n) is 5.38. The van der Waals surface area contributed by atoms with Gasteiger partial charge in [-0.05, 0) is 30.3 Å². The number of nitrogens with zero attached hydrogens (tertiary/aromatic N) is 3. The fraction of sp³-hybridized carbons (Fsp3) is 0.118. The van der Waals surface area contributed by atoms with Crippen LogP contribution >= 0.6 is 0 Å². The van der Waals surface area contributed by atoms with Gasteiger partial charge in [0.1, 0.15) is 5.69 Å². The molecule has 3 amide bonds. The van der Waals surface area contributed by atoms with Crippen molar-refractivity contribution >= 4 is 35.1 Å². The van der Waals surface area contributed by atoms with Crippen LogP contribution in [0.5, 0.6) is 0 Å². The highest BCUT2D eigenvalue weighted by Gasteiger charge is 2.13. The molecule has 0 aliphatic heterocycles. The van der Waals surface area contributed by atoms with Gasteiger partial charge in [0, 0.05) is 12.7 Å². The highest BCUT2D eigenvalue weighted by Crippen LogP contribution is 2.14. The molecule has 3 aromatic rings. The van der Waals surface area contributed by atoms with E-state index < -0.39 is 17.9 Å². The van der Waals surface area contributed by atoms with Crippen LogP contribution in [0.2, 0.25) is 0 Å². The first kappa shape index (κ1) is 17.9. The number of carbonyl (C=O) groups excluding carboxylic acids is 3. The minimum absolute atomic E-state index is 0.134. The number of nitrogens with one attached hydrogen (secondary N) is 3. The molecule has 3 rings (SSSR count). The number of urea groups is 1. The number of hydrogen-bond acceptors (Lipinski definition) is 6. The molecule has 27 heavy (non-hydrogen) atoms. The lowest BCUT2D eigenvalue weighted by molar-refractivity contribution is 0.0600. The quantitative estimate of drug-likeness (QED) is 0.599. The summed E-state index contributed by atoms with van der Waals surface area (Å²) in [5, 5.41) is 11.8. The van der Waals surface area contributed by atoms with Crippen LogP contribution in [0.1, 0.15) is 20.8 Å². The Balaban J connectivity index is 1.79. The molecule has 0 aliphatic rings. The molecular formula is C17H16N6O4. The van der Waals surface area contributed by atoms with Gasteiger partial charge >= 0.3 is 12.0 Å². The van der Waals surface area contributed by atoms with Crippen molar-refractivity contribution in [3.63, 3.8) is 0 Å². The number of ether oxygens (including phenoxy) is 1. The zero-order chi connectivity index (χ0) is 19.4. The predicted molar refractivity (Wildman–Crippen MR) is 96.8 cm³/mol. The Morgan fingerprint density at radius 1 is 1.11 bits per heavy atom. The van der Waals surface area contributed by atoms with Gasteiger partial charge in [-0.25, -0.2) is 19.1 Å². The summed E-state index contributed by atoms with van der Waals surface area (Å²) in [5.41, 5.74) is 1.34. The highest BCUT2D eigenvalue weighted by atomic mass is 16.5. The third-order valence-corrected chi connectivity index (χ3v) is 3.56. The molecule has 138 valence electrons. The molecule has 2 heterocycles. The second kappa shape index (κ2) is 7.52. The van der Waals surface area contributed by atoms with Gasteiger partial charge in [-0.2, -0.15) is 5.10 Å². The lowest BCUT2D eigenvalue weighted by Gasteiger charge is -2.06. The molecule has 1 aromatic carbocycles. The van der Waals surface area contributed by atoms with E-state index in [9.17, 15) is 14.4 Å². The van der Waals surface area contributed by atoms with Crippen LogP contribution in [0.4, 0.5) is 16.3 Å². The van der Waals surface area contributed by atoms with Crippen LogP contribution in [0.3, 0.4) is 0 Å². The molecule has 2 aromatic heterocycles. The summed E-state index contributed by atoms with van der Waals surface area (Å²) in [6.07, 6.45) is 1.49. The van der Waals surface area contributed by atoms with Crippen molar-refractivity contribution in [1.82, 2.24) is 19.9 Å². The Morgan fingerprint density at radius 2 is 1.93 bits per heavy atom. The molecule has 0 saturated heterocycles. The van der Waals surface area contributed by atoms with Gasteiger partial charge in [0.2, 0.25) is 0 Å². The van der Waals surface area contributed by atoms with Crippen molar-refractivity contribution in [2.75, 3.05) is 24.8 Å². The largest absolute Gasteiger partial charge is 0.465 e. The van der Waals surface area contributed by atoms with E-state index in [0.29, 0.717) is 22.7 Å². The number of esters is 1. The molecule has 0 aliphatic carbocycles. The van der Waals surface area contributed by atoms with Crippen LogP contribution in [0, 0.1) is 0 Å². The summed E-state index contributed by atoms with van der Waals surface area (Å²) in [6, 6.07) is 9.05. The average Bonchev–Trinajstić information content (AvgIpc) is 3.08. The van der Waals surface area contributed by atoms with Gasteiger partial charge < -0.3 is 15.4 Å². The molecule has 0 unspecified atom stereocenters. The third-order valence-electron chi connectivity index (χ3n) is 3.56. The van der Waals surface area contributed by atoms with Gasteiger partial charge in [0.05, 0.1) is 18.9 Å². The average molecular weight is 368 g/mol. The van der Waals surface area contributed by atoms with Crippen molar-refractivity contribution in [1.29, 1.82) is 0 Å². The van der Waals surface area contributed by atoms with E-state index in [0.717, 1.165) is 0 Å². The third kappa shape index (κ3) is 4.00. The number of fused-ring (bicyclic) bond motifs is 1. The maximum Gasteiger partial charge on any atom is 0.337 e. The summed E-state index contributed by atoms with van der Waals surface area (Å²) in [6.45, 7) is 0. The number of carbonyl (C=O) groups is 3. The van der Waals surface area contributed by atoms with Crippen LogP contribution in [-0.4, -0.2) is 46.7 Å². The molecule has 3 N–H and O–H groups in total. The molecule has 0 fully saturated rings. The Hall–Kier alpha value is -3.95. The summed E-state index contributed by atoms with van der Waals surface area (Å²) in [5.74, 6) is -0.668. The number of amides is 3. The fourth-order valence-electron chi connectivity index (χ4n) is 2.28. The van der Waals surface area contributed by atoms with Gasteiger partial charge in [-0.15, -0.1) is 0 Å².